The van der Waals surface area contributed by atoms with Gasteiger partial charge < -0.3 is 9.80 Å². The second kappa shape index (κ2) is 24.7. The molecule has 0 spiro atoms. The second-order valence-electron chi connectivity index (χ2n) is 30.6. The molecule has 0 bridgehead atoms. The fraction of sp³-hybridized carbons (Fsp3) is 0.134. The van der Waals surface area contributed by atoms with Crippen LogP contribution in [0.15, 0.2) is 330 Å². The molecule has 504 valence electrons. The summed E-state index contributed by atoms with van der Waals surface area (Å²) in [7, 11) is 0. The summed E-state index contributed by atoms with van der Waals surface area (Å²) >= 11 is 12.9. The molecule has 2 nitrogen and oxygen atoms in total. The van der Waals surface area contributed by atoms with Crippen LogP contribution in [-0.4, -0.2) is 0 Å². The van der Waals surface area contributed by atoms with Crippen LogP contribution < -0.4 is 9.80 Å². The molecule has 0 fully saturated rings. The third kappa shape index (κ3) is 10.5. The van der Waals surface area contributed by atoms with Crippen molar-refractivity contribution in [2.24, 2.45) is 0 Å². The maximum atomic E-state index is 3.67. The van der Waals surface area contributed by atoms with E-state index in [9.17, 15) is 0 Å². The molecular formula is C97H74Br2N2S3. The van der Waals surface area contributed by atoms with Crippen LogP contribution in [0.1, 0.15) is 111 Å². The lowest BCUT2D eigenvalue weighted by Gasteiger charge is -2.33. The number of benzene rings is 14. The van der Waals surface area contributed by atoms with Crippen molar-refractivity contribution in [2.75, 3.05) is 9.80 Å². The fourth-order valence-corrected chi connectivity index (χ4v) is 21.6. The Labute approximate surface area is 641 Å². The van der Waals surface area contributed by atoms with Gasteiger partial charge in [-0.25, -0.2) is 0 Å². The van der Waals surface area contributed by atoms with Crippen molar-refractivity contribution in [1.82, 2.24) is 0 Å². The van der Waals surface area contributed by atoms with Crippen molar-refractivity contribution >= 4 is 101 Å². The van der Waals surface area contributed by atoms with Gasteiger partial charge in [0.1, 0.15) is 0 Å². The molecule has 14 aromatic rings. The Balaban J connectivity index is 0.000000134. The molecule has 0 amide bonds. The Bertz CT molecular complexity index is 5460. The Hall–Kier alpha value is -9.31. The van der Waals surface area contributed by atoms with Crippen molar-refractivity contribution in [2.45, 2.75) is 113 Å². The molecule has 0 saturated carbocycles. The van der Waals surface area contributed by atoms with Gasteiger partial charge in [0.15, 0.2) is 0 Å². The summed E-state index contributed by atoms with van der Waals surface area (Å²) in [6.07, 6.45) is 1.08. The molecule has 0 radical (unpaired) electrons. The number of nitrogens with zero attached hydrogens (tertiary/aromatic N) is 2. The lowest BCUT2D eigenvalue weighted by atomic mass is 9.80. The molecule has 14 aromatic carbocycles. The molecular weight excluding hydrogens is 1450 g/mol. The van der Waals surface area contributed by atoms with Crippen molar-refractivity contribution in [3.63, 3.8) is 0 Å². The highest BCUT2D eigenvalue weighted by molar-refractivity contribution is 9.10. The van der Waals surface area contributed by atoms with Crippen molar-refractivity contribution in [3.8, 4) is 66.8 Å². The topological polar surface area (TPSA) is 6.48 Å². The Morgan fingerprint density at radius 1 is 0.240 bits per heavy atom. The predicted octanol–water partition coefficient (Wildman–Crippen LogP) is 29.1. The van der Waals surface area contributed by atoms with Gasteiger partial charge in [-0.05, 0) is 262 Å². The van der Waals surface area contributed by atoms with Crippen LogP contribution in [0.5, 0.6) is 0 Å². The zero-order valence-electron chi connectivity index (χ0n) is 59.3. The molecule has 0 atom stereocenters. The van der Waals surface area contributed by atoms with Gasteiger partial charge in [0.2, 0.25) is 0 Å². The van der Waals surface area contributed by atoms with E-state index in [-0.39, 0.29) is 21.7 Å². The van der Waals surface area contributed by atoms with E-state index in [2.05, 4.69) is 388 Å². The van der Waals surface area contributed by atoms with Crippen LogP contribution >= 0.6 is 67.1 Å². The third-order valence-corrected chi connectivity index (χ3v) is 27.7. The molecule has 7 heteroatoms. The Kier molecular flexibility index (Phi) is 15.5. The minimum absolute atomic E-state index is 0.0109. The molecule has 0 saturated heterocycles. The quantitative estimate of drug-likeness (QED) is 0.173. The van der Waals surface area contributed by atoms with Gasteiger partial charge in [-0.15, -0.1) is 0 Å². The highest BCUT2D eigenvalue weighted by atomic mass is 79.9. The lowest BCUT2D eigenvalue weighted by molar-refractivity contribution is 0.659. The standard InChI is InChI=1S/C54H40N2S2.C30H24Br2.C13H10S/c1-53(2)41-29-33(21-25-37(41)39-27-23-35(31-43(39)53)55-45-13-5-9-17-49(45)57-50-18-10-6-14-46(50)55)34-22-26-38-40-28-24-36(32-44(40)54(3,4)42(38)30-34)56-47-15-7-11-19-51(47)58-52-20-12-8-16-48(52)56;1-29(2)25-13-17(5-9-21(25)23-11-7-19(31)15-27(23)29)18-6-10-22-24-12-8-20(32)16-28(24)30(3,4)26(22)14-18;1-3-7-12-10(5-1)9-11-6-2-4-8-13(11)14-12/h5-32H,1-4H3;5-16H,1-4H3;1-8H,9H2. The summed E-state index contributed by atoms with van der Waals surface area (Å²) in [5, 5.41) is 0. The van der Waals surface area contributed by atoms with Crippen LogP contribution in [0.2, 0.25) is 0 Å². The zero-order chi connectivity index (χ0) is 70.7. The summed E-state index contributed by atoms with van der Waals surface area (Å²) in [6, 6.07) is 108. The smallest absolute Gasteiger partial charge is 0.0601 e. The highest BCUT2D eigenvalue weighted by Crippen LogP contribution is 2.59. The summed E-state index contributed by atoms with van der Waals surface area (Å²) in [5.74, 6) is 0. The van der Waals surface area contributed by atoms with Gasteiger partial charge >= 0.3 is 0 Å². The number of rotatable bonds is 4. The van der Waals surface area contributed by atoms with E-state index < -0.39 is 0 Å². The first-order valence-corrected chi connectivity index (χ1v) is 40.1. The number of hydrogen-bond acceptors (Lipinski definition) is 5. The average molecular weight is 1520 g/mol. The third-order valence-electron chi connectivity index (χ3n) is 23.2. The molecule has 21 rings (SSSR count). The summed E-state index contributed by atoms with van der Waals surface area (Å²) in [6.45, 7) is 19.0. The van der Waals surface area contributed by atoms with Crippen molar-refractivity contribution < 1.29 is 0 Å². The fourth-order valence-electron chi connectivity index (χ4n) is 17.7. The monoisotopic (exact) mass is 1520 g/mol. The van der Waals surface area contributed by atoms with Crippen LogP contribution in [0.3, 0.4) is 0 Å². The maximum absolute atomic E-state index is 3.67. The van der Waals surface area contributed by atoms with E-state index >= 15 is 0 Å². The van der Waals surface area contributed by atoms with Crippen LogP contribution in [0.4, 0.5) is 34.1 Å². The van der Waals surface area contributed by atoms with E-state index in [0.717, 1.165) is 15.4 Å². The molecule has 104 heavy (non-hydrogen) atoms. The van der Waals surface area contributed by atoms with Gasteiger partial charge in [0.25, 0.3) is 0 Å². The van der Waals surface area contributed by atoms with Crippen LogP contribution in [0.25, 0.3) is 66.8 Å². The molecule has 3 aliphatic heterocycles. The molecule has 3 heterocycles. The Morgan fingerprint density at radius 2 is 0.471 bits per heavy atom. The number of halogens is 2. The van der Waals surface area contributed by atoms with Gasteiger partial charge in [-0.3, -0.25) is 0 Å². The normalized spacial score (nSPS) is 15.5. The van der Waals surface area contributed by atoms with Crippen molar-refractivity contribution in [3.05, 3.63) is 356 Å². The summed E-state index contributed by atoms with van der Waals surface area (Å²) in [5.41, 5.74) is 37.0. The van der Waals surface area contributed by atoms with Crippen molar-refractivity contribution in [1.29, 1.82) is 0 Å². The molecule has 0 unspecified atom stereocenters. The van der Waals surface area contributed by atoms with Gasteiger partial charge in [0.05, 0.1) is 22.7 Å². The molecule has 0 N–H and O–H groups in total. The van der Waals surface area contributed by atoms with E-state index in [1.165, 1.54) is 186 Å². The average Bonchev–Trinajstić information content (AvgIpc) is 1.45. The van der Waals surface area contributed by atoms with E-state index in [1.807, 2.05) is 35.3 Å². The van der Waals surface area contributed by atoms with E-state index in [0.29, 0.717) is 0 Å². The number of hydrogen-bond donors (Lipinski definition) is 0. The predicted molar refractivity (Wildman–Crippen MR) is 447 cm³/mol. The maximum Gasteiger partial charge on any atom is 0.0601 e. The minimum Gasteiger partial charge on any atom is -0.308 e. The first kappa shape index (κ1) is 65.5. The van der Waals surface area contributed by atoms with Crippen LogP contribution in [0, 0.1) is 0 Å². The highest BCUT2D eigenvalue weighted by Gasteiger charge is 2.42. The minimum atomic E-state index is -0.160. The van der Waals surface area contributed by atoms with Gasteiger partial charge in [-0.1, -0.05) is 280 Å². The summed E-state index contributed by atoms with van der Waals surface area (Å²) in [4.78, 5) is 12.9. The molecule has 0 aromatic heterocycles. The van der Waals surface area contributed by atoms with E-state index in [1.54, 1.807) is 0 Å². The Morgan fingerprint density at radius 3 is 0.779 bits per heavy atom. The van der Waals surface area contributed by atoms with Gasteiger partial charge in [-0.2, -0.15) is 0 Å². The molecule has 4 aliphatic carbocycles. The SMILES string of the molecule is CC1(C)c2cc(-c3ccc4c(c3)C(C)(C)c3cc(N5c6ccccc6Sc6ccccc65)ccc3-4)ccc2-c2ccc(N3c4ccccc4Sc4ccccc43)cc21.CC1(C)c2cc(Br)ccc2-c2ccc(-c3ccc4c(c3)C(C)(C)c3cc(Br)ccc3-4)cc21.c1ccc2c(c1)Cc1ccccc1S2. The largest absolute Gasteiger partial charge is 0.308 e. The molecule has 7 aliphatic rings. The zero-order valence-corrected chi connectivity index (χ0v) is 64.9. The van der Waals surface area contributed by atoms with Crippen LogP contribution in [-0.2, 0) is 28.1 Å². The lowest BCUT2D eigenvalue weighted by Crippen LogP contribution is -2.18. The summed E-state index contributed by atoms with van der Waals surface area (Å²) < 4.78 is 2.29. The number of anilines is 6. The second-order valence-corrected chi connectivity index (χ2v) is 35.7. The first-order chi connectivity index (χ1) is 50.4. The van der Waals surface area contributed by atoms with Gasteiger partial charge in [0, 0.05) is 71.4 Å². The number of para-hydroxylation sites is 4. The van der Waals surface area contributed by atoms with E-state index in [4.69, 9.17) is 0 Å². The first-order valence-electron chi connectivity index (χ1n) is 36.0. The number of fused-ring (bicyclic) bond motifs is 18.